The van der Waals surface area contributed by atoms with Gasteiger partial charge in [0, 0.05) is 47.6 Å². The number of amides is 2. The van der Waals surface area contributed by atoms with Crippen molar-refractivity contribution < 1.29 is 9.59 Å². The first-order valence-corrected chi connectivity index (χ1v) is 14.2. The summed E-state index contributed by atoms with van der Waals surface area (Å²) < 4.78 is 0. The highest BCUT2D eigenvalue weighted by molar-refractivity contribution is 6.30. The van der Waals surface area contributed by atoms with Crippen molar-refractivity contribution in [3.63, 3.8) is 0 Å². The summed E-state index contributed by atoms with van der Waals surface area (Å²) in [5.41, 5.74) is 6.27. The zero-order valence-electron chi connectivity index (χ0n) is 22.7. The molecule has 5 rings (SSSR count). The van der Waals surface area contributed by atoms with Gasteiger partial charge in [-0.1, -0.05) is 84.6 Å². The molecule has 4 aromatic rings. The smallest absolute Gasteiger partial charge is 0.228 e. The number of nitrogens with zero attached hydrogens (tertiary/aromatic N) is 3. The lowest BCUT2D eigenvalue weighted by Gasteiger charge is -2.29. The van der Waals surface area contributed by atoms with E-state index < -0.39 is 0 Å². The second kappa shape index (κ2) is 12.9. The average Bonchev–Trinajstić information content (AvgIpc) is 2.96. The fourth-order valence-electron chi connectivity index (χ4n) is 4.93. The van der Waals surface area contributed by atoms with Gasteiger partial charge in [-0.15, -0.1) is 0 Å². The number of aryl methyl sites for hydroxylation is 2. The van der Waals surface area contributed by atoms with Crippen molar-refractivity contribution in [2.45, 2.75) is 51.9 Å². The maximum atomic E-state index is 13.0. The Morgan fingerprint density at radius 2 is 1.48 bits per heavy atom. The topological polar surface area (TPSA) is 75.2 Å². The molecule has 1 N–H and O–H groups in total. The van der Waals surface area contributed by atoms with Crippen LogP contribution < -0.4 is 10.2 Å². The fourth-order valence-corrected chi connectivity index (χ4v) is 5.06. The number of benzene rings is 3. The Bertz CT molecular complexity index is 1470. The molecule has 40 heavy (non-hydrogen) atoms. The molecule has 1 aliphatic heterocycles. The Hall–Kier alpha value is -4.03. The Balaban J connectivity index is 1.28. The van der Waals surface area contributed by atoms with E-state index >= 15 is 0 Å². The molecule has 204 valence electrons. The highest BCUT2D eigenvalue weighted by Gasteiger charge is 2.28. The van der Waals surface area contributed by atoms with Crippen LogP contribution >= 0.6 is 11.6 Å². The van der Waals surface area contributed by atoms with Crippen molar-refractivity contribution in [3.8, 4) is 22.5 Å². The Morgan fingerprint density at radius 3 is 2.20 bits per heavy atom. The summed E-state index contributed by atoms with van der Waals surface area (Å²) in [7, 11) is 0. The van der Waals surface area contributed by atoms with Gasteiger partial charge in [0.05, 0.1) is 17.1 Å². The van der Waals surface area contributed by atoms with E-state index in [4.69, 9.17) is 21.6 Å². The molecule has 0 fully saturated rings. The molecule has 1 aliphatic rings. The zero-order valence-corrected chi connectivity index (χ0v) is 23.5. The molecule has 6 nitrogen and oxygen atoms in total. The molecule has 3 aromatic carbocycles. The van der Waals surface area contributed by atoms with Gasteiger partial charge in [0.1, 0.15) is 0 Å². The number of hydrogen-bond donors (Lipinski definition) is 1. The van der Waals surface area contributed by atoms with Crippen LogP contribution in [0.15, 0.2) is 78.9 Å². The molecule has 1 aromatic heterocycles. The first-order valence-electron chi connectivity index (χ1n) is 13.9. The van der Waals surface area contributed by atoms with E-state index in [1.165, 1.54) is 0 Å². The largest absolute Gasteiger partial charge is 0.326 e. The average molecular weight is 553 g/mol. The predicted octanol–water partition coefficient (Wildman–Crippen LogP) is 7.64. The number of fused-ring (bicyclic) bond motifs is 1. The van der Waals surface area contributed by atoms with Crippen molar-refractivity contribution in [3.05, 3.63) is 95.1 Å². The fraction of sp³-hybridized carbons (Fsp3) is 0.273. The number of anilines is 2. The van der Waals surface area contributed by atoms with Crippen LogP contribution in [0.25, 0.3) is 22.5 Å². The van der Waals surface area contributed by atoms with E-state index in [0.717, 1.165) is 65.1 Å². The van der Waals surface area contributed by atoms with Gasteiger partial charge in [0.25, 0.3) is 0 Å². The molecule has 2 heterocycles. The Kier molecular flexibility index (Phi) is 8.87. The molecule has 2 amide bonds. The van der Waals surface area contributed by atoms with Crippen molar-refractivity contribution in [1.29, 1.82) is 0 Å². The van der Waals surface area contributed by atoms with Crippen LogP contribution in [0.3, 0.4) is 0 Å². The molecular weight excluding hydrogens is 520 g/mol. The number of para-hydroxylation sites is 1. The molecule has 0 radical (unpaired) electrons. The van der Waals surface area contributed by atoms with Crippen LogP contribution in [-0.2, 0) is 16.0 Å². The summed E-state index contributed by atoms with van der Waals surface area (Å²) in [6.07, 6.45) is 4.98. The standard InChI is InChI=1S/C33H33ClN4O2/c1-23-12-14-24(15-13-23)32-31(25-16-18-26(34)19-17-25)36-28-20-21-30(40)38(33(28)37-32)22-8-3-2-7-11-29(39)35-27-9-5-4-6-10-27/h4-6,9-10,12-19H,2-3,7-8,11,20-22H2,1H3,(H,35,39). The summed E-state index contributed by atoms with van der Waals surface area (Å²) in [4.78, 5) is 37.2. The Labute approximate surface area is 240 Å². The van der Waals surface area contributed by atoms with Gasteiger partial charge in [-0.3, -0.25) is 14.5 Å². The summed E-state index contributed by atoms with van der Waals surface area (Å²) in [5, 5.41) is 3.60. The summed E-state index contributed by atoms with van der Waals surface area (Å²) >= 11 is 6.15. The van der Waals surface area contributed by atoms with E-state index in [9.17, 15) is 9.59 Å². The normalized spacial score (nSPS) is 12.8. The number of nitrogens with one attached hydrogen (secondary N) is 1. The van der Waals surface area contributed by atoms with Gasteiger partial charge in [0.2, 0.25) is 11.8 Å². The van der Waals surface area contributed by atoms with Crippen molar-refractivity contribution in [1.82, 2.24) is 9.97 Å². The van der Waals surface area contributed by atoms with Crippen LogP contribution in [-0.4, -0.2) is 28.3 Å². The van der Waals surface area contributed by atoms with Gasteiger partial charge in [-0.2, -0.15) is 0 Å². The lowest BCUT2D eigenvalue weighted by Crippen LogP contribution is -2.37. The van der Waals surface area contributed by atoms with E-state index in [2.05, 4.69) is 24.4 Å². The maximum absolute atomic E-state index is 13.0. The lowest BCUT2D eigenvalue weighted by atomic mass is 10.0. The van der Waals surface area contributed by atoms with E-state index in [1.807, 2.05) is 66.7 Å². The van der Waals surface area contributed by atoms with Crippen LogP contribution in [0, 0.1) is 6.92 Å². The predicted molar refractivity (Wildman–Crippen MR) is 161 cm³/mol. The van der Waals surface area contributed by atoms with E-state index in [1.54, 1.807) is 4.90 Å². The third-order valence-electron chi connectivity index (χ3n) is 7.12. The number of carbonyl (C=O) groups is 2. The van der Waals surface area contributed by atoms with Gasteiger partial charge < -0.3 is 5.32 Å². The number of aromatic nitrogens is 2. The minimum Gasteiger partial charge on any atom is -0.326 e. The minimum atomic E-state index is 0.0294. The second-order valence-corrected chi connectivity index (χ2v) is 10.6. The molecule has 0 saturated carbocycles. The number of rotatable bonds is 10. The van der Waals surface area contributed by atoms with Gasteiger partial charge in [0.15, 0.2) is 5.82 Å². The number of hydrogen-bond acceptors (Lipinski definition) is 4. The zero-order chi connectivity index (χ0) is 27.9. The number of halogens is 1. The van der Waals surface area contributed by atoms with Gasteiger partial charge >= 0.3 is 0 Å². The third kappa shape index (κ3) is 6.75. The number of unbranched alkanes of at least 4 members (excludes halogenated alkanes) is 3. The molecular formula is C33H33ClN4O2. The quantitative estimate of drug-likeness (QED) is 0.205. The molecule has 0 aliphatic carbocycles. The van der Waals surface area contributed by atoms with Crippen molar-refractivity contribution in [2.24, 2.45) is 0 Å². The molecule has 0 bridgehead atoms. The van der Waals surface area contributed by atoms with Gasteiger partial charge in [-0.05, 0) is 44.0 Å². The van der Waals surface area contributed by atoms with Crippen LogP contribution in [0.1, 0.15) is 49.8 Å². The van der Waals surface area contributed by atoms with Crippen molar-refractivity contribution in [2.75, 3.05) is 16.8 Å². The summed E-state index contributed by atoms with van der Waals surface area (Å²) in [6, 6.07) is 25.4. The highest BCUT2D eigenvalue weighted by Crippen LogP contribution is 2.35. The monoisotopic (exact) mass is 552 g/mol. The van der Waals surface area contributed by atoms with Crippen LogP contribution in [0.5, 0.6) is 0 Å². The number of carbonyl (C=O) groups excluding carboxylic acids is 2. The second-order valence-electron chi connectivity index (χ2n) is 10.2. The molecule has 0 atom stereocenters. The Morgan fingerprint density at radius 1 is 0.825 bits per heavy atom. The lowest BCUT2D eigenvalue weighted by molar-refractivity contribution is -0.119. The molecule has 0 saturated heterocycles. The minimum absolute atomic E-state index is 0.0294. The maximum Gasteiger partial charge on any atom is 0.228 e. The molecule has 0 unspecified atom stereocenters. The van der Waals surface area contributed by atoms with Gasteiger partial charge in [-0.25, -0.2) is 9.97 Å². The van der Waals surface area contributed by atoms with E-state index in [-0.39, 0.29) is 11.8 Å². The van der Waals surface area contributed by atoms with Crippen molar-refractivity contribution >= 4 is 34.9 Å². The molecule has 0 spiro atoms. The first-order chi connectivity index (χ1) is 19.5. The first kappa shape index (κ1) is 27.5. The van der Waals surface area contributed by atoms with E-state index in [0.29, 0.717) is 36.6 Å². The molecule has 7 heteroatoms. The highest BCUT2D eigenvalue weighted by atomic mass is 35.5. The van der Waals surface area contributed by atoms with Crippen LogP contribution in [0.2, 0.25) is 5.02 Å². The van der Waals surface area contributed by atoms with Crippen LogP contribution in [0.4, 0.5) is 11.5 Å². The SMILES string of the molecule is Cc1ccc(-c2nc3c(nc2-c2ccc(Cl)cc2)CCC(=O)N3CCCCCCC(=O)Nc2ccccc2)cc1. The summed E-state index contributed by atoms with van der Waals surface area (Å²) in [6.45, 7) is 2.64. The summed E-state index contributed by atoms with van der Waals surface area (Å²) in [5.74, 6) is 0.770. The third-order valence-corrected chi connectivity index (χ3v) is 7.37.